The molecule has 0 saturated carbocycles. The Morgan fingerprint density at radius 3 is 2.09 bits per heavy atom. The molecule has 0 saturated heterocycles. The molecule has 0 bridgehead atoms. The van der Waals surface area contributed by atoms with Crippen molar-refractivity contribution in [2.75, 3.05) is 0 Å². The molecule has 54 heavy (non-hydrogen) atoms. The quantitative estimate of drug-likeness (QED) is 0.156. The fourth-order valence-electron chi connectivity index (χ4n) is 6.36. The van der Waals surface area contributed by atoms with E-state index in [1.54, 1.807) is 6.20 Å². The summed E-state index contributed by atoms with van der Waals surface area (Å²) in [5.74, 6) is 0. The molecule has 4 aromatic heterocycles. The molecule has 0 aliphatic heterocycles. The molecule has 8 aromatic rings. The molecule has 0 amide bonds. The smallest absolute Gasteiger partial charge is 0.121 e. The Labute approximate surface area is 332 Å². The minimum atomic E-state index is -0.0348. The topological polar surface area (TPSA) is 56.7 Å². The van der Waals surface area contributed by atoms with E-state index >= 15 is 0 Å². The second-order valence-corrected chi connectivity index (χ2v) is 15.6. The van der Waals surface area contributed by atoms with E-state index < -0.39 is 0 Å². The van der Waals surface area contributed by atoms with Crippen LogP contribution in [0.1, 0.15) is 71.8 Å². The molecule has 0 spiro atoms. The molecule has 5 nitrogen and oxygen atoms in total. The summed E-state index contributed by atoms with van der Waals surface area (Å²) in [5.41, 5.74) is 12.5. The Morgan fingerprint density at radius 2 is 1.44 bits per heavy atom. The fourth-order valence-corrected chi connectivity index (χ4v) is 6.36. The maximum Gasteiger partial charge on any atom is 0.121 e. The zero-order valence-corrected chi connectivity index (χ0v) is 34.5. The van der Waals surface area contributed by atoms with Gasteiger partial charge in [0, 0.05) is 65.7 Å². The van der Waals surface area contributed by atoms with Gasteiger partial charge in [0.15, 0.2) is 0 Å². The van der Waals surface area contributed by atoms with Gasteiger partial charge in [0.2, 0.25) is 0 Å². The third-order valence-corrected chi connectivity index (χ3v) is 9.39. The predicted octanol–water partition coefficient (Wildman–Crippen LogP) is 12.4. The molecule has 6 heteroatoms. The number of hydrogen-bond acceptors (Lipinski definition) is 4. The first-order chi connectivity index (χ1) is 25.5. The third-order valence-electron chi connectivity index (χ3n) is 9.39. The molecule has 0 N–H and O–H groups in total. The van der Waals surface area contributed by atoms with Gasteiger partial charge in [-0.25, -0.2) is 0 Å². The minimum Gasteiger partial charge on any atom is -0.501 e. The van der Waals surface area contributed by atoms with Gasteiger partial charge in [-0.2, -0.15) is 28.9 Å². The molecule has 4 heterocycles. The monoisotopic (exact) mass is 887 g/mol. The number of rotatable bonds is 6. The molecule has 1 radical (unpaired) electrons. The van der Waals surface area contributed by atoms with Crippen LogP contribution in [-0.4, -0.2) is 19.7 Å². The van der Waals surface area contributed by atoms with Crippen molar-refractivity contribution in [1.29, 1.82) is 0 Å². The van der Waals surface area contributed by atoms with Gasteiger partial charge >= 0.3 is 0 Å². The second kappa shape index (κ2) is 16.1. The first-order valence-electron chi connectivity index (χ1n) is 18.4. The van der Waals surface area contributed by atoms with Crippen LogP contribution in [0.5, 0.6) is 0 Å². The maximum absolute atomic E-state index is 6.41. The Hall–Kier alpha value is -5.16. The Morgan fingerprint density at radius 1 is 0.704 bits per heavy atom. The van der Waals surface area contributed by atoms with Crippen molar-refractivity contribution in [2.24, 2.45) is 0 Å². The van der Waals surface area contributed by atoms with Crippen LogP contribution < -0.4 is 0 Å². The van der Waals surface area contributed by atoms with E-state index in [-0.39, 0.29) is 30.9 Å². The van der Waals surface area contributed by atoms with Crippen LogP contribution >= 0.6 is 0 Å². The van der Waals surface area contributed by atoms with E-state index in [1.165, 1.54) is 16.7 Å². The van der Waals surface area contributed by atoms with Crippen LogP contribution in [0.2, 0.25) is 0 Å². The second-order valence-electron chi connectivity index (χ2n) is 15.6. The van der Waals surface area contributed by atoms with E-state index in [1.807, 2.05) is 59.5 Å². The summed E-state index contributed by atoms with van der Waals surface area (Å²) in [5, 5.41) is 6.60. The van der Waals surface area contributed by atoms with E-state index in [0.29, 0.717) is 0 Å². The van der Waals surface area contributed by atoms with Gasteiger partial charge in [-0.1, -0.05) is 127 Å². The summed E-state index contributed by atoms with van der Waals surface area (Å²) in [4.78, 5) is 9.51. The van der Waals surface area contributed by atoms with Gasteiger partial charge in [-0.15, -0.1) is 24.3 Å². The molecule has 0 atom stereocenters. The molecule has 275 valence electrons. The summed E-state index contributed by atoms with van der Waals surface area (Å²) in [6.07, 6.45) is 7.99. The van der Waals surface area contributed by atoms with Crippen LogP contribution in [-0.2, 0) is 37.4 Å². The first kappa shape index (κ1) is 38.6. The van der Waals surface area contributed by atoms with Crippen LogP contribution in [0.3, 0.4) is 0 Å². The normalized spacial score (nSPS) is 11.6. The molecule has 8 rings (SSSR count). The van der Waals surface area contributed by atoms with Crippen LogP contribution in [0.25, 0.3) is 61.1 Å². The zero-order valence-electron chi connectivity index (χ0n) is 32.1. The molecule has 4 aromatic carbocycles. The van der Waals surface area contributed by atoms with Crippen molar-refractivity contribution in [2.45, 2.75) is 72.1 Å². The van der Waals surface area contributed by atoms with Crippen molar-refractivity contribution in [1.82, 2.24) is 19.7 Å². The Kier molecular flexibility index (Phi) is 11.5. The van der Waals surface area contributed by atoms with Crippen molar-refractivity contribution in [3.8, 4) is 39.2 Å². The number of aromatic nitrogens is 4. The van der Waals surface area contributed by atoms with Gasteiger partial charge < -0.3 is 9.40 Å². The Bertz CT molecular complexity index is 2440. The number of furan rings is 1. The first-order valence-corrected chi connectivity index (χ1v) is 18.4. The maximum atomic E-state index is 6.41. The van der Waals surface area contributed by atoms with Gasteiger partial charge in [0.25, 0.3) is 0 Å². The number of pyridine rings is 2. The van der Waals surface area contributed by atoms with Crippen LogP contribution in [0.15, 0.2) is 132 Å². The number of aryl methyl sites for hydroxylation is 1. The SMILES string of the molecule is CC(C)(C)c1cc(-c2ccc3c(c2)oc2c(-c4ccccn4)[c-]ccc23)cc(C(C)(C)C)n1.CCCc1c[c-]c(-n2cc(-c3ccccc3)cn2)cc1.[Ir]. The third kappa shape index (κ3) is 8.46. The molecule has 0 aliphatic rings. The summed E-state index contributed by atoms with van der Waals surface area (Å²) in [6, 6.07) is 44.0. The molecule has 0 fully saturated rings. The largest absolute Gasteiger partial charge is 0.501 e. The number of hydrogen-bond donors (Lipinski definition) is 0. The van der Waals surface area contributed by atoms with Crippen molar-refractivity contribution in [3.05, 3.63) is 157 Å². The summed E-state index contributed by atoms with van der Waals surface area (Å²) in [7, 11) is 0. The predicted molar refractivity (Wildman–Crippen MR) is 218 cm³/mol. The summed E-state index contributed by atoms with van der Waals surface area (Å²) >= 11 is 0. The van der Waals surface area contributed by atoms with Gasteiger partial charge in [0.05, 0.1) is 11.8 Å². The average molecular weight is 887 g/mol. The fraction of sp³-hybridized carbons (Fsp3) is 0.229. The number of benzene rings is 4. The number of nitrogens with zero attached hydrogens (tertiary/aromatic N) is 4. The summed E-state index contributed by atoms with van der Waals surface area (Å²) < 4.78 is 8.28. The van der Waals surface area contributed by atoms with Crippen molar-refractivity contribution >= 4 is 21.9 Å². The van der Waals surface area contributed by atoms with Crippen molar-refractivity contribution < 1.29 is 24.5 Å². The molecular formula is C48H46IrN4O-2. The van der Waals surface area contributed by atoms with E-state index in [9.17, 15) is 0 Å². The van der Waals surface area contributed by atoms with Crippen molar-refractivity contribution in [3.63, 3.8) is 0 Å². The number of fused-ring (bicyclic) bond motifs is 3. The van der Waals surface area contributed by atoms with E-state index in [4.69, 9.17) is 9.40 Å². The van der Waals surface area contributed by atoms with Gasteiger partial charge in [0.1, 0.15) is 5.58 Å². The van der Waals surface area contributed by atoms with Crippen LogP contribution in [0, 0.1) is 12.1 Å². The molecular weight excluding hydrogens is 841 g/mol. The molecule has 0 unspecified atom stereocenters. The average Bonchev–Trinajstić information content (AvgIpc) is 3.81. The standard InChI is InChI=1S/C30H29N2O.C18H17N2.Ir/c1-29(2,3)26-17-20(18-27(32-26)30(4,5)6)19-13-14-21-22-10-9-11-23(24-12-7-8-15-31-24)28(22)33-25(21)16-19;1-2-6-15-9-11-18(12-10-15)20-14-17(13-19-20)16-7-4-3-5-8-16;/h7-10,12-18H,1-6H3;3-5,7-11,13-14H,2,6H2,1H3;/q2*-1;. The molecule has 0 aliphatic carbocycles. The van der Waals surface area contributed by atoms with Crippen LogP contribution in [0.4, 0.5) is 0 Å². The minimum absolute atomic E-state index is 0. The van der Waals surface area contributed by atoms with Gasteiger partial charge in [-0.3, -0.25) is 9.67 Å². The van der Waals surface area contributed by atoms with E-state index in [0.717, 1.165) is 74.2 Å². The van der Waals surface area contributed by atoms with E-state index in [2.05, 4.69) is 137 Å². The van der Waals surface area contributed by atoms with Gasteiger partial charge in [-0.05, 0) is 52.3 Å². The zero-order chi connectivity index (χ0) is 37.2. The summed E-state index contributed by atoms with van der Waals surface area (Å²) in [6.45, 7) is 15.5. The Balaban J connectivity index is 0.000000203.